The number of hydrogen-bond donors (Lipinski definition) is 4. The summed E-state index contributed by atoms with van der Waals surface area (Å²) in [6.07, 6.45) is -1.23. The van der Waals surface area contributed by atoms with Crippen LogP contribution in [0.5, 0.6) is 0 Å². The van der Waals surface area contributed by atoms with Gasteiger partial charge in [-0.2, -0.15) is 0 Å². The molecule has 0 heterocycles. The van der Waals surface area contributed by atoms with Gasteiger partial charge in [-0.15, -0.1) is 0 Å². The molecule has 4 N–H and O–H groups in total. The van der Waals surface area contributed by atoms with E-state index in [1.54, 1.807) is 24.3 Å². The second-order valence-corrected chi connectivity index (χ2v) is 9.36. The van der Waals surface area contributed by atoms with Gasteiger partial charge in [-0.3, -0.25) is 19.2 Å². The molecular formula is C32H26O8. The molecule has 8 nitrogen and oxygen atoms in total. The highest BCUT2D eigenvalue weighted by Gasteiger charge is 2.76. The fourth-order valence-electron chi connectivity index (χ4n) is 6.08. The summed E-state index contributed by atoms with van der Waals surface area (Å²) in [5.74, 6) is -6.90. The second kappa shape index (κ2) is 10.9. The molecule has 0 bridgehead atoms. The number of rotatable bonds is 11. The minimum Gasteiger partial charge on any atom is -0.481 e. The van der Waals surface area contributed by atoms with E-state index in [1.807, 2.05) is 0 Å². The molecule has 40 heavy (non-hydrogen) atoms. The molecule has 2 atom stereocenters. The smallest absolute Gasteiger partial charge is 0.320 e. The summed E-state index contributed by atoms with van der Waals surface area (Å²) < 4.78 is 0. The molecule has 8 heteroatoms. The van der Waals surface area contributed by atoms with Gasteiger partial charge in [0.2, 0.25) is 0 Å². The van der Waals surface area contributed by atoms with E-state index in [1.165, 1.54) is 97.1 Å². The van der Waals surface area contributed by atoms with Crippen LogP contribution in [0.1, 0.15) is 28.7 Å². The Kier molecular flexibility index (Phi) is 7.54. The molecule has 0 aliphatic rings. The van der Waals surface area contributed by atoms with Crippen LogP contribution in [0.2, 0.25) is 0 Å². The van der Waals surface area contributed by atoms with Gasteiger partial charge in [0.15, 0.2) is 0 Å². The van der Waals surface area contributed by atoms with Crippen molar-refractivity contribution in [2.24, 2.45) is 0 Å². The summed E-state index contributed by atoms with van der Waals surface area (Å²) in [4.78, 5) is 54.3. The molecular weight excluding hydrogens is 512 g/mol. The third-order valence-corrected chi connectivity index (χ3v) is 7.51. The van der Waals surface area contributed by atoms with E-state index in [2.05, 4.69) is 0 Å². The Morgan fingerprint density at radius 3 is 1.10 bits per heavy atom. The lowest BCUT2D eigenvalue weighted by atomic mass is 9.42. The van der Waals surface area contributed by atoms with Crippen molar-refractivity contribution in [3.8, 4) is 0 Å². The molecule has 2 unspecified atom stereocenters. The van der Waals surface area contributed by atoms with Crippen molar-refractivity contribution in [2.45, 2.75) is 22.7 Å². The summed E-state index contributed by atoms with van der Waals surface area (Å²) in [7, 11) is 0. The highest BCUT2D eigenvalue weighted by atomic mass is 16.4. The number of carboxylic acid groups (broad SMARTS) is 4. The van der Waals surface area contributed by atoms with Crippen molar-refractivity contribution < 1.29 is 39.6 Å². The zero-order valence-electron chi connectivity index (χ0n) is 21.2. The van der Waals surface area contributed by atoms with Gasteiger partial charge >= 0.3 is 23.9 Å². The lowest BCUT2D eigenvalue weighted by Crippen LogP contribution is -2.71. The van der Waals surface area contributed by atoms with Crippen molar-refractivity contribution in [2.75, 3.05) is 0 Å². The van der Waals surface area contributed by atoms with E-state index < -0.39 is 46.5 Å². The fourth-order valence-corrected chi connectivity index (χ4v) is 6.08. The summed E-state index contributed by atoms with van der Waals surface area (Å²) in [5.41, 5.74) is -8.87. The van der Waals surface area contributed by atoms with Gasteiger partial charge in [-0.1, -0.05) is 121 Å². The molecule has 4 rings (SSSR count). The van der Waals surface area contributed by atoms with E-state index >= 15 is 0 Å². The van der Waals surface area contributed by atoms with Crippen molar-refractivity contribution in [3.63, 3.8) is 0 Å². The van der Waals surface area contributed by atoms with E-state index in [4.69, 9.17) is 0 Å². The first kappa shape index (κ1) is 27.8. The molecule has 4 aromatic rings. The predicted molar refractivity (Wildman–Crippen MR) is 145 cm³/mol. The quantitative estimate of drug-likeness (QED) is 0.217. The van der Waals surface area contributed by atoms with Crippen molar-refractivity contribution in [3.05, 3.63) is 144 Å². The van der Waals surface area contributed by atoms with Gasteiger partial charge in [-0.05, 0) is 22.3 Å². The minimum atomic E-state index is -2.96. The average Bonchev–Trinajstić information content (AvgIpc) is 2.96. The van der Waals surface area contributed by atoms with Crippen LogP contribution in [0.25, 0.3) is 0 Å². The molecule has 4 aromatic carbocycles. The van der Waals surface area contributed by atoms with E-state index in [0.29, 0.717) is 0 Å². The van der Waals surface area contributed by atoms with Crippen LogP contribution in [-0.2, 0) is 35.4 Å². The maximum absolute atomic E-state index is 14.1. The predicted octanol–water partition coefficient (Wildman–Crippen LogP) is 4.58. The molecule has 0 fully saturated rings. The first-order valence-corrected chi connectivity index (χ1v) is 12.3. The Morgan fingerprint density at radius 2 is 0.800 bits per heavy atom. The summed E-state index contributed by atoms with van der Waals surface area (Å²) in [5, 5.41) is 44.0. The highest BCUT2D eigenvalue weighted by Crippen LogP contribution is 2.60. The Bertz CT molecular complexity index is 1480. The minimum absolute atomic E-state index is 0.0353. The standard InChI is InChI=1S/C32H26O8/c33-26(34)21-30(27(35)36,22-13-5-1-6-14-22)32(29(39)40,25-19-11-4-12-20-25)31(28(37)38,23-15-7-2-8-16-23)24-17-9-3-10-18-24/h1-20H,21H2,(H,33,34)(H,35,36)(H,37,38)(H,39,40). The van der Waals surface area contributed by atoms with Crippen LogP contribution in [0.3, 0.4) is 0 Å². The Hall–Kier alpha value is -5.24. The fraction of sp³-hybridized carbons (Fsp3) is 0.125. The van der Waals surface area contributed by atoms with Crippen LogP contribution >= 0.6 is 0 Å². The third-order valence-electron chi connectivity index (χ3n) is 7.51. The molecule has 0 aliphatic heterocycles. The van der Waals surface area contributed by atoms with E-state index in [-0.39, 0.29) is 22.3 Å². The maximum Gasteiger partial charge on any atom is 0.320 e. The normalized spacial score (nSPS) is 14.3. The van der Waals surface area contributed by atoms with Gasteiger partial charge in [0, 0.05) is 0 Å². The average molecular weight is 539 g/mol. The Labute approximate surface area is 229 Å². The lowest BCUT2D eigenvalue weighted by Gasteiger charge is -2.54. The number of benzene rings is 4. The SMILES string of the molecule is O=C(O)CC(C(=O)O)(c1ccccc1)C(C(=O)O)(c1ccccc1)C(C(=O)O)(c1ccccc1)c1ccccc1. The highest BCUT2D eigenvalue weighted by molar-refractivity contribution is 6.06. The van der Waals surface area contributed by atoms with Crippen molar-refractivity contribution in [1.29, 1.82) is 0 Å². The molecule has 0 spiro atoms. The number of carboxylic acids is 4. The maximum atomic E-state index is 14.1. The molecule has 0 amide bonds. The van der Waals surface area contributed by atoms with Gasteiger partial charge < -0.3 is 20.4 Å². The number of aliphatic carboxylic acids is 4. The molecule has 0 saturated heterocycles. The zero-order valence-corrected chi connectivity index (χ0v) is 21.2. The van der Waals surface area contributed by atoms with Gasteiger partial charge in [0.1, 0.15) is 16.2 Å². The van der Waals surface area contributed by atoms with Crippen LogP contribution in [0, 0.1) is 0 Å². The van der Waals surface area contributed by atoms with Crippen molar-refractivity contribution >= 4 is 23.9 Å². The third kappa shape index (κ3) is 3.92. The van der Waals surface area contributed by atoms with Gasteiger partial charge in [-0.25, -0.2) is 0 Å². The van der Waals surface area contributed by atoms with Crippen LogP contribution in [0.15, 0.2) is 121 Å². The molecule has 0 saturated carbocycles. The Balaban J connectivity index is 2.45. The number of carbonyl (C=O) groups is 4. The molecule has 0 aliphatic carbocycles. The van der Waals surface area contributed by atoms with Crippen LogP contribution < -0.4 is 0 Å². The summed E-state index contributed by atoms with van der Waals surface area (Å²) in [6, 6.07) is 29.3. The Morgan fingerprint density at radius 1 is 0.450 bits per heavy atom. The molecule has 0 aromatic heterocycles. The van der Waals surface area contributed by atoms with Crippen LogP contribution in [0.4, 0.5) is 0 Å². The van der Waals surface area contributed by atoms with Crippen molar-refractivity contribution in [1.82, 2.24) is 0 Å². The number of hydrogen-bond acceptors (Lipinski definition) is 4. The zero-order chi connectivity index (χ0) is 29.0. The van der Waals surface area contributed by atoms with Gasteiger partial charge in [0.05, 0.1) is 6.42 Å². The van der Waals surface area contributed by atoms with E-state index in [9.17, 15) is 39.6 Å². The molecule has 0 radical (unpaired) electrons. The monoisotopic (exact) mass is 538 g/mol. The second-order valence-electron chi connectivity index (χ2n) is 9.36. The first-order valence-electron chi connectivity index (χ1n) is 12.3. The topological polar surface area (TPSA) is 149 Å². The summed E-state index contributed by atoms with van der Waals surface area (Å²) >= 11 is 0. The van der Waals surface area contributed by atoms with E-state index in [0.717, 1.165) is 0 Å². The largest absolute Gasteiger partial charge is 0.481 e. The molecule has 202 valence electrons. The van der Waals surface area contributed by atoms with Gasteiger partial charge in [0.25, 0.3) is 0 Å². The first-order chi connectivity index (χ1) is 19.2. The van der Waals surface area contributed by atoms with Crippen LogP contribution in [-0.4, -0.2) is 44.3 Å². The summed E-state index contributed by atoms with van der Waals surface area (Å²) in [6.45, 7) is 0. The lowest BCUT2D eigenvalue weighted by molar-refractivity contribution is -0.172.